The molecule has 0 aliphatic rings. The Morgan fingerprint density at radius 3 is 2.71 bits per heavy atom. The van der Waals surface area contributed by atoms with Gasteiger partial charge < -0.3 is 0 Å². The van der Waals surface area contributed by atoms with Gasteiger partial charge in [0, 0.05) is 11.6 Å². The molecule has 3 rings (SSSR count). The molecule has 0 unspecified atom stereocenters. The van der Waals surface area contributed by atoms with Gasteiger partial charge in [0.1, 0.15) is 0 Å². The zero-order valence-corrected chi connectivity index (χ0v) is 15.2. The van der Waals surface area contributed by atoms with Crippen molar-refractivity contribution >= 4 is 48.9 Å². The van der Waals surface area contributed by atoms with Crippen molar-refractivity contribution in [1.29, 1.82) is 0 Å². The topological polar surface area (TPSA) is 68.2 Å². The molecule has 0 fully saturated rings. The van der Waals surface area contributed by atoms with E-state index < -0.39 is 10.0 Å². The molecule has 0 atom stereocenters. The minimum absolute atomic E-state index is 0.0794. The zero-order valence-electron chi connectivity index (χ0n) is 12.8. The molecule has 126 valence electrons. The third-order valence-electron chi connectivity index (χ3n) is 3.47. The summed E-state index contributed by atoms with van der Waals surface area (Å²) in [6.07, 6.45) is 0.835. The lowest BCUT2D eigenvalue weighted by Crippen LogP contribution is -2.13. The van der Waals surface area contributed by atoms with Crippen LogP contribution in [0.4, 0.5) is 5.69 Å². The number of rotatable bonds is 5. The average Bonchev–Trinajstić information content (AvgIpc) is 2.82. The van der Waals surface area contributed by atoms with Gasteiger partial charge in [-0.15, -0.1) is 0 Å². The van der Waals surface area contributed by atoms with Crippen molar-refractivity contribution in [2.24, 2.45) is 0 Å². The summed E-state index contributed by atoms with van der Waals surface area (Å²) in [6, 6.07) is 11.2. The number of sulfonamides is 1. The lowest BCUT2D eigenvalue weighted by molar-refractivity contribution is 0.601. The van der Waals surface area contributed by atoms with Crippen LogP contribution in [0.25, 0.3) is 10.2 Å². The molecular weight excluding hydrogens is 368 g/mol. The summed E-state index contributed by atoms with van der Waals surface area (Å²) >= 11 is 6.93. The van der Waals surface area contributed by atoms with Gasteiger partial charge >= 0.3 is 4.87 Å². The maximum absolute atomic E-state index is 12.5. The van der Waals surface area contributed by atoms with E-state index in [0.29, 0.717) is 22.0 Å². The Kier molecular flexibility index (Phi) is 4.67. The van der Waals surface area contributed by atoms with Crippen LogP contribution in [0.3, 0.4) is 0 Å². The Morgan fingerprint density at radius 2 is 2.00 bits per heavy atom. The van der Waals surface area contributed by atoms with Gasteiger partial charge in [-0.1, -0.05) is 35.9 Å². The molecule has 3 aromatic rings. The number of fused-ring (bicyclic) bond motifs is 1. The molecule has 1 N–H and O–H groups in total. The monoisotopic (exact) mass is 382 g/mol. The van der Waals surface area contributed by atoms with Crippen molar-refractivity contribution in [2.75, 3.05) is 4.72 Å². The molecule has 0 aliphatic carbocycles. The minimum atomic E-state index is -3.75. The van der Waals surface area contributed by atoms with Crippen LogP contribution < -0.4 is 9.60 Å². The zero-order chi connectivity index (χ0) is 17.3. The van der Waals surface area contributed by atoms with Crippen molar-refractivity contribution in [3.05, 3.63) is 57.2 Å². The molecule has 8 heteroatoms. The van der Waals surface area contributed by atoms with E-state index in [1.54, 1.807) is 28.8 Å². The first-order valence-corrected chi connectivity index (χ1v) is 10.0. The Labute approximate surface area is 148 Å². The smallest absolute Gasteiger partial charge is 0.299 e. The molecule has 0 bridgehead atoms. The predicted molar refractivity (Wildman–Crippen MR) is 98.6 cm³/mol. The number of halogens is 1. The van der Waals surface area contributed by atoms with Crippen LogP contribution in [0.1, 0.15) is 13.3 Å². The number of hydrogen-bond donors (Lipinski definition) is 1. The molecule has 0 spiro atoms. The van der Waals surface area contributed by atoms with Crippen LogP contribution in [-0.2, 0) is 16.6 Å². The fourth-order valence-corrected chi connectivity index (χ4v) is 4.71. The number of nitrogens with zero attached hydrogens (tertiary/aromatic N) is 1. The molecule has 2 aromatic carbocycles. The molecule has 0 saturated carbocycles. The first kappa shape index (κ1) is 17.0. The number of aryl methyl sites for hydroxylation is 1. The number of aromatic nitrogens is 1. The van der Waals surface area contributed by atoms with Gasteiger partial charge in [-0.3, -0.25) is 14.1 Å². The first-order chi connectivity index (χ1) is 11.4. The fraction of sp³-hybridized carbons (Fsp3) is 0.188. The van der Waals surface area contributed by atoms with E-state index in [1.807, 2.05) is 6.92 Å². The van der Waals surface area contributed by atoms with Crippen molar-refractivity contribution in [2.45, 2.75) is 24.8 Å². The average molecular weight is 383 g/mol. The van der Waals surface area contributed by atoms with E-state index in [9.17, 15) is 13.2 Å². The Hall–Kier alpha value is -1.83. The molecule has 5 nitrogen and oxygen atoms in total. The van der Waals surface area contributed by atoms with Crippen LogP contribution in [0, 0.1) is 0 Å². The van der Waals surface area contributed by atoms with Gasteiger partial charge in [0.25, 0.3) is 10.0 Å². The van der Waals surface area contributed by atoms with Crippen LogP contribution >= 0.6 is 22.9 Å². The van der Waals surface area contributed by atoms with Crippen molar-refractivity contribution < 1.29 is 8.42 Å². The highest BCUT2D eigenvalue weighted by Crippen LogP contribution is 2.24. The summed E-state index contributed by atoms with van der Waals surface area (Å²) in [5, 5.41) is 0.445. The van der Waals surface area contributed by atoms with Crippen molar-refractivity contribution in [1.82, 2.24) is 4.57 Å². The van der Waals surface area contributed by atoms with Gasteiger partial charge in [-0.25, -0.2) is 8.42 Å². The van der Waals surface area contributed by atoms with Crippen LogP contribution in [-0.4, -0.2) is 13.0 Å². The first-order valence-electron chi connectivity index (χ1n) is 7.32. The second kappa shape index (κ2) is 6.58. The number of benzene rings is 2. The number of thiazole rings is 1. The van der Waals surface area contributed by atoms with Crippen LogP contribution in [0.2, 0.25) is 5.02 Å². The van der Waals surface area contributed by atoms with E-state index in [-0.39, 0.29) is 9.77 Å². The van der Waals surface area contributed by atoms with Gasteiger partial charge in [-0.05, 0) is 42.8 Å². The second-order valence-corrected chi connectivity index (χ2v) is 8.38. The molecule has 1 aromatic heterocycles. The highest BCUT2D eigenvalue weighted by atomic mass is 35.5. The minimum Gasteiger partial charge on any atom is -0.299 e. The standard InChI is InChI=1S/C16H15ClN2O3S2/c1-2-8-19-14-7-6-13(10-15(14)23-16(19)20)24(21,22)18-12-5-3-4-11(17)9-12/h3-7,9-10,18H,2,8H2,1H3. The summed E-state index contributed by atoms with van der Waals surface area (Å²) in [5.74, 6) is 0. The van der Waals surface area contributed by atoms with E-state index in [4.69, 9.17) is 11.6 Å². The third kappa shape index (κ3) is 3.33. The quantitative estimate of drug-likeness (QED) is 0.727. The SMILES string of the molecule is CCCn1c(=O)sc2cc(S(=O)(=O)Nc3cccc(Cl)c3)ccc21. The van der Waals surface area contributed by atoms with Gasteiger partial charge in [0.2, 0.25) is 0 Å². The summed E-state index contributed by atoms with van der Waals surface area (Å²) in [6.45, 7) is 2.61. The highest BCUT2D eigenvalue weighted by molar-refractivity contribution is 7.92. The second-order valence-electron chi connectivity index (χ2n) is 5.26. The summed E-state index contributed by atoms with van der Waals surface area (Å²) in [4.78, 5) is 12.1. The predicted octanol–water partition coefficient (Wildman–Crippen LogP) is 3.93. The molecule has 24 heavy (non-hydrogen) atoms. The summed E-state index contributed by atoms with van der Waals surface area (Å²) in [5.41, 5.74) is 1.15. The third-order valence-corrected chi connectivity index (χ3v) is 6.03. The fourth-order valence-electron chi connectivity index (χ4n) is 2.42. The van der Waals surface area contributed by atoms with E-state index >= 15 is 0 Å². The van der Waals surface area contributed by atoms with E-state index in [2.05, 4.69) is 4.72 Å². The van der Waals surface area contributed by atoms with Gasteiger partial charge in [0.05, 0.1) is 20.8 Å². The van der Waals surface area contributed by atoms with E-state index in [0.717, 1.165) is 23.3 Å². The Balaban J connectivity index is 2.00. The van der Waals surface area contributed by atoms with Crippen molar-refractivity contribution in [3.63, 3.8) is 0 Å². The lowest BCUT2D eigenvalue weighted by atomic mass is 10.3. The van der Waals surface area contributed by atoms with E-state index in [1.165, 1.54) is 18.2 Å². The molecule has 0 aliphatic heterocycles. The van der Waals surface area contributed by atoms with Gasteiger partial charge in [-0.2, -0.15) is 0 Å². The largest absolute Gasteiger partial charge is 0.308 e. The molecular formula is C16H15ClN2O3S2. The molecule has 1 heterocycles. The Bertz CT molecular complexity index is 1050. The van der Waals surface area contributed by atoms with Gasteiger partial charge in [0.15, 0.2) is 0 Å². The number of hydrogen-bond acceptors (Lipinski definition) is 4. The molecule has 0 radical (unpaired) electrons. The van der Waals surface area contributed by atoms with Crippen LogP contribution in [0.5, 0.6) is 0 Å². The molecule has 0 saturated heterocycles. The maximum atomic E-state index is 12.5. The van der Waals surface area contributed by atoms with Crippen molar-refractivity contribution in [3.8, 4) is 0 Å². The normalized spacial score (nSPS) is 11.8. The number of anilines is 1. The number of nitrogens with one attached hydrogen (secondary N) is 1. The lowest BCUT2D eigenvalue weighted by Gasteiger charge is -2.09. The highest BCUT2D eigenvalue weighted by Gasteiger charge is 2.17. The Morgan fingerprint density at radius 1 is 1.21 bits per heavy atom. The maximum Gasteiger partial charge on any atom is 0.308 e. The summed E-state index contributed by atoms with van der Waals surface area (Å²) in [7, 11) is -3.75. The molecule has 0 amide bonds. The summed E-state index contributed by atoms with van der Waals surface area (Å²) < 4.78 is 29.9. The van der Waals surface area contributed by atoms with Crippen LogP contribution in [0.15, 0.2) is 52.2 Å².